The molecule has 2 N–H and O–H groups in total. The third-order valence-corrected chi connectivity index (χ3v) is 4.31. The number of fused-ring (bicyclic) bond motifs is 2. The SMILES string of the molecule is CCOC(=O)c1sc2nc3c(cc2c1N)CCC3. The smallest absolute Gasteiger partial charge is 0.350 e. The largest absolute Gasteiger partial charge is 0.462 e. The second-order valence-electron chi connectivity index (χ2n) is 4.37. The van der Waals surface area contributed by atoms with Gasteiger partial charge in [0.1, 0.15) is 9.71 Å². The predicted octanol–water partition coefficient (Wildman–Crippen LogP) is 2.54. The zero-order valence-electron chi connectivity index (χ0n) is 10.2. The molecule has 0 aliphatic heterocycles. The van der Waals surface area contributed by atoms with E-state index in [0.29, 0.717) is 17.2 Å². The summed E-state index contributed by atoms with van der Waals surface area (Å²) < 4.78 is 5.00. The van der Waals surface area contributed by atoms with Crippen LogP contribution in [-0.4, -0.2) is 17.6 Å². The van der Waals surface area contributed by atoms with Crippen molar-refractivity contribution in [1.29, 1.82) is 0 Å². The number of nitrogens with two attached hydrogens (primary N) is 1. The molecule has 0 aromatic carbocycles. The number of thiophene rings is 1. The average Bonchev–Trinajstić information content (AvgIpc) is 2.92. The number of anilines is 1. The van der Waals surface area contributed by atoms with Crippen molar-refractivity contribution < 1.29 is 9.53 Å². The highest BCUT2D eigenvalue weighted by molar-refractivity contribution is 7.21. The van der Waals surface area contributed by atoms with E-state index < -0.39 is 0 Å². The van der Waals surface area contributed by atoms with Crippen LogP contribution in [0.1, 0.15) is 34.3 Å². The highest BCUT2D eigenvalue weighted by atomic mass is 32.1. The van der Waals surface area contributed by atoms with E-state index >= 15 is 0 Å². The summed E-state index contributed by atoms with van der Waals surface area (Å²) in [6.45, 7) is 2.14. The van der Waals surface area contributed by atoms with Crippen molar-refractivity contribution in [1.82, 2.24) is 4.98 Å². The Morgan fingerprint density at radius 3 is 3.17 bits per heavy atom. The van der Waals surface area contributed by atoms with Crippen LogP contribution in [0.25, 0.3) is 10.2 Å². The van der Waals surface area contributed by atoms with Crippen LogP contribution in [0.4, 0.5) is 5.69 Å². The van der Waals surface area contributed by atoms with Crippen molar-refractivity contribution in [3.8, 4) is 0 Å². The number of esters is 1. The van der Waals surface area contributed by atoms with Gasteiger partial charge < -0.3 is 10.5 Å². The van der Waals surface area contributed by atoms with Gasteiger partial charge in [-0.1, -0.05) is 0 Å². The van der Waals surface area contributed by atoms with Crippen molar-refractivity contribution >= 4 is 33.2 Å². The minimum atomic E-state index is -0.349. The summed E-state index contributed by atoms with van der Waals surface area (Å²) in [5, 5.41) is 0.892. The lowest BCUT2D eigenvalue weighted by Crippen LogP contribution is -2.04. The number of nitrogen functional groups attached to an aromatic ring is 1. The maximum absolute atomic E-state index is 11.8. The fourth-order valence-electron chi connectivity index (χ4n) is 2.35. The van der Waals surface area contributed by atoms with Crippen LogP contribution in [0.3, 0.4) is 0 Å². The fraction of sp³-hybridized carbons (Fsp3) is 0.385. The quantitative estimate of drug-likeness (QED) is 0.845. The fourth-order valence-corrected chi connectivity index (χ4v) is 3.34. The van der Waals surface area contributed by atoms with Crippen LogP contribution in [0, 0.1) is 0 Å². The van der Waals surface area contributed by atoms with Gasteiger partial charge in [0, 0.05) is 11.1 Å². The first kappa shape index (κ1) is 11.5. The van der Waals surface area contributed by atoms with Crippen LogP contribution in [0.2, 0.25) is 0 Å². The van der Waals surface area contributed by atoms with Crippen LogP contribution < -0.4 is 5.73 Å². The minimum absolute atomic E-state index is 0.349. The normalized spacial score (nSPS) is 13.8. The van der Waals surface area contributed by atoms with Crippen molar-refractivity contribution in [2.45, 2.75) is 26.2 Å². The summed E-state index contributed by atoms with van der Waals surface area (Å²) in [5.41, 5.74) is 8.96. The molecule has 0 bridgehead atoms. The highest BCUT2D eigenvalue weighted by Gasteiger charge is 2.21. The molecule has 18 heavy (non-hydrogen) atoms. The van der Waals surface area contributed by atoms with Gasteiger partial charge in [-0.3, -0.25) is 0 Å². The number of hydrogen-bond donors (Lipinski definition) is 1. The van der Waals surface area contributed by atoms with Gasteiger partial charge in [0.05, 0.1) is 12.3 Å². The van der Waals surface area contributed by atoms with Gasteiger partial charge in [0.15, 0.2) is 0 Å². The Bertz CT molecular complexity index is 633. The van der Waals surface area contributed by atoms with Gasteiger partial charge in [-0.25, -0.2) is 9.78 Å². The molecule has 0 fully saturated rings. The predicted molar refractivity (Wildman–Crippen MR) is 72.0 cm³/mol. The van der Waals surface area contributed by atoms with E-state index in [1.807, 2.05) is 0 Å². The average molecular weight is 262 g/mol. The Morgan fingerprint density at radius 1 is 1.56 bits per heavy atom. The zero-order valence-corrected chi connectivity index (χ0v) is 11.0. The number of nitrogens with zero attached hydrogens (tertiary/aromatic N) is 1. The molecular formula is C13H14N2O2S. The maximum Gasteiger partial charge on any atom is 0.350 e. The zero-order chi connectivity index (χ0) is 12.7. The van der Waals surface area contributed by atoms with Crippen LogP contribution in [0.15, 0.2) is 6.07 Å². The topological polar surface area (TPSA) is 65.2 Å². The van der Waals surface area contributed by atoms with Crippen molar-refractivity contribution in [2.75, 3.05) is 12.3 Å². The summed E-state index contributed by atoms with van der Waals surface area (Å²) in [5.74, 6) is -0.349. The van der Waals surface area contributed by atoms with E-state index in [1.54, 1.807) is 6.92 Å². The molecule has 0 unspecified atom stereocenters. The van der Waals surface area contributed by atoms with E-state index in [1.165, 1.54) is 16.9 Å². The van der Waals surface area contributed by atoms with Crippen LogP contribution in [0.5, 0.6) is 0 Å². The van der Waals surface area contributed by atoms with E-state index in [4.69, 9.17) is 10.5 Å². The summed E-state index contributed by atoms with van der Waals surface area (Å²) in [4.78, 5) is 17.7. The summed E-state index contributed by atoms with van der Waals surface area (Å²) in [6, 6.07) is 2.08. The Labute approximate surface area is 109 Å². The van der Waals surface area contributed by atoms with E-state index in [0.717, 1.165) is 35.2 Å². The molecule has 0 spiro atoms. The highest BCUT2D eigenvalue weighted by Crippen LogP contribution is 2.36. The second-order valence-corrected chi connectivity index (χ2v) is 5.36. The monoisotopic (exact) mass is 262 g/mol. The maximum atomic E-state index is 11.8. The number of carbonyl (C=O) groups is 1. The molecule has 1 aliphatic carbocycles. The lowest BCUT2D eigenvalue weighted by molar-refractivity contribution is 0.0533. The number of aryl methyl sites for hydroxylation is 2. The van der Waals surface area contributed by atoms with Gasteiger partial charge in [-0.05, 0) is 37.8 Å². The van der Waals surface area contributed by atoms with Crippen molar-refractivity contribution in [3.05, 3.63) is 22.2 Å². The van der Waals surface area contributed by atoms with Gasteiger partial charge in [-0.2, -0.15) is 0 Å². The number of ether oxygens (including phenoxy) is 1. The molecule has 5 heteroatoms. The molecular weight excluding hydrogens is 248 g/mol. The number of hydrogen-bond acceptors (Lipinski definition) is 5. The summed E-state index contributed by atoms with van der Waals surface area (Å²) >= 11 is 1.33. The first-order valence-corrected chi connectivity index (χ1v) is 6.90. The van der Waals surface area contributed by atoms with Gasteiger partial charge in [0.25, 0.3) is 0 Å². The molecule has 2 heterocycles. The molecule has 0 radical (unpaired) electrons. The lowest BCUT2D eigenvalue weighted by Gasteiger charge is -2.00. The standard InChI is InChI=1S/C13H14N2O2S/c1-2-17-13(16)11-10(14)8-6-7-4-3-5-9(7)15-12(8)18-11/h6H,2-5,14H2,1H3. The van der Waals surface area contributed by atoms with Gasteiger partial charge in [0.2, 0.25) is 0 Å². The second kappa shape index (κ2) is 4.24. The first-order chi connectivity index (χ1) is 8.70. The Balaban J connectivity index is 2.14. The Kier molecular flexibility index (Phi) is 2.70. The van der Waals surface area contributed by atoms with Gasteiger partial charge in [-0.15, -0.1) is 11.3 Å². The molecule has 0 atom stereocenters. The van der Waals surface area contributed by atoms with Gasteiger partial charge >= 0.3 is 5.97 Å². The first-order valence-electron chi connectivity index (χ1n) is 6.08. The Morgan fingerprint density at radius 2 is 2.39 bits per heavy atom. The molecule has 0 amide bonds. The number of carbonyl (C=O) groups excluding carboxylic acids is 1. The number of pyridine rings is 1. The molecule has 4 nitrogen and oxygen atoms in total. The number of rotatable bonds is 2. The molecule has 2 aromatic heterocycles. The third kappa shape index (κ3) is 1.66. The van der Waals surface area contributed by atoms with E-state index in [9.17, 15) is 4.79 Å². The van der Waals surface area contributed by atoms with E-state index in [2.05, 4.69) is 11.1 Å². The van der Waals surface area contributed by atoms with E-state index in [-0.39, 0.29) is 5.97 Å². The van der Waals surface area contributed by atoms with Crippen molar-refractivity contribution in [2.24, 2.45) is 0 Å². The molecule has 2 aromatic rings. The van der Waals surface area contributed by atoms with Crippen LogP contribution >= 0.6 is 11.3 Å². The number of aromatic nitrogens is 1. The Hall–Kier alpha value is -1.62. The van der Waals surface area contributed by atoms with Crippen molar-refractivity contribution in [3.63, 3.8) is 0 Å². The molecule has 94 valence electrons. The summed E-state index contributed by atoms with van der Waals surface area (Å²) in [6.07, 6.45) is 3.24. The molecule has 0 saturated heterocycles. The summed E-state index contributed by atoms with van der Waals surface area (Å²) in [7, 11) is 0. The van der Waals surface area contributed by atoms with Crippen LogP contribution in [-0.2, 0) is 17.6 Å². The molecule has 0 saturated carbocycles. The molecule has 1 aliphatic rings. The minimum Gasteiger partial charge on any atom is -0.462 e. The lowest BCUT2D eigenvalue weighted by atomic mass is 10.1. The third-order valence-electron chi connectivity index (χ3n) is 3.21. The molecule has 3 rings (SSSR count).